The number of rotatable bonds is 10. The fourth-order valence-corrected chi connectivity index (χ4v) is 4.12. The van der Waals surface area contributed by atoms with Gasteiger partial charge in [-0.25, -0.2) is 0 Å². The zero-order chi connectivity index (χ0) is 23.8. The molecule has 6 heteroatoms. The minimum atomic E-state index is -0.605. The van der Waals surface area contributed by atoms with Gasteiger partial charge in [-0.1, -0.05) is 66.7 Å². The Bertz CT molecular complexity index is 1100. The van der Waals surface area contributed by atoms with E-state index in [0.717, 1.165) is 22.4 Å². The highest BCUT2D eigenvalue weighted by Crippen LogP contribution is 2.32. The molecule has 34 heavy (non-hydrogen) atoms. The van der Waals surface area contributed by atoms with Crippen LogP contribution in [0.15, 0.2) is 78.9 Å². The number of hydrogen-bond acceptors (Lipinski definition) is 4. The summed E-state index contributed by atoms with van der Waals surface area (Å²) in [6, 6.07) is 24.8. The maximum atomic E-state index is 13.6. The molecule has 6 nitrogen and oxygen atoms in total. The van der Waals surface area contributed by atoms with Gasteiger partial charge in [0.15, 0.2) is 11.5 Å². The zero-order valence-electron chi connectivity index (χ0n) is 19.4. The maximum Gasteiger partial charge on any atom is 0.243 e. The van der Waals surface area contributed by atoms with Gasteiger partial charge < -0.3 is 19.7 Å². The van der Waals surface area contributed by atoms with Crippen molar-refractivity contribution in [2.24, 2.45) is 0 Å². The van der Waals surface area contributed by atoms with Crippen LogP contribution in [0.1, 0.15) is 30.0 Å². The Balaban J connectivity index is 1.56. The molecular weight excluding hydrogens is 428 g/mol. The molecule has 0 aliphatic carbocycles. The Hall–Kier alpha value is -3.80. The first-order valence-electron chi connectivity index (χ1n) is 11.7. The van der Waals surface area contributed by atoms with Gasteiger partial charge in [0.05, 0.1) is 0 Å². The predicted molar refractivity (Wildman–Crippen MR) is 130 cm³/mol. The second kappa shape index (κ2) is 11.4. The van der Waals surface area contributed by atoms with Crippen LogP contribution in [0.5, 0.6) is 11.5 Å². The van der Waals surface area contributed by atoms with E-state index in [0.29, 0.717) is 31.7 Å². The summed E-state index contributed by atoms with van der Waals surface area (Å²) >= 11 is 0. The van der Waals surface area contributed by atoms with Crippen molar-refractivity contribution >= 4 is 11.8 Å². The van der Waals surface area contributed by atoms with Gasteiger partial charge in [0, 0.05) is 25.9 Å². The minimum absolute atomic E-state index is 0.0614. The highest BCUT2D eigenvalue weighted by molar-refractivity contribution is 5.88. The van der Waals surface area contributed by atoms with Crippen molar-refractivity contribution in [2.45, 2.75) is 38.8 Å². The number of ether oxygens (including phenoxy) is 2. The number of aryl methyl sites for hydroxylation is 1. The lowest BCUT2D eigenvalue weighted by molar-refractivity contribution is -0.141. The van der Waals surface area contributed by atoms with Crippen molar-refractivity contribution in [2.75, 3.05) is 13.3 Å². The Morgan fingerprint density at radius 2 is 1.56 bits per heavy atom. The molecule has 0 spiro atoms. The molecule has 2 amide bonds. The fourth-order valence-electron chi connectivity index (χ4n) is 4.12. The van der Waals surface area contributed by atoms with Crippen LogP contribution < -0.4 is 14.8 Å². The van der Waals surface area contributed by atoms with Gasteiger partial charge in [-0.15, -0.1) is 0 Å². The molecule has 1 aliphatic rings. The number of nitrogens with zero attached hydrogens (tertiary/aromatic N) is 1. The van der Waals surface area contributed by atoms with Crippen molar-refractivity contribution in [1.29, 1.82) is 0 Å². The Morgan fingerprint density at radius 3 is 2.26 bits per heavy atom. The maximum absolute atomic E-state index is 13.6. The summed E-state index contributed by atoms with van der Waals surface area (Å²) in [6.45, 7) is 2.99. The van der Waals surface area contributed by atoms with Gasteiger partial charge >= 0.3 is 0 Å². The van der Waals surface area contributed by atoms with Crippen LogP contribution in [0.4, 0.5) is 0 Å². The second-order valence-corrected chi connectivity index (χ2v) is 8.29. The number of fused-ring (bicyclic) bond motifs is 1. The summed E-state index contributed by atoms with van der Waals surface area (Å²) in [6.07, 6.45) is 1.29. The Labute approximate surface area is 200 Å². The molecular formula is C28H30N2O4. The van der Waals surface area contributed by atoms with E-state index in [1.165, 1.54) is 0 Å². The first-order valence-corrected chi connectivity index (χ1v) is 11.7. The highest BCUT2D eigenvalue weighted by Gasteiger charge is 2.30. The molecule has 1 unspecified atom stereocenters. The molecule has 1 aliphatic heterocycles. The van der Waals surface area contributed by atoms with Gasteiger partial charge in [0.1, 0.15) is 6.04 Å². The molecule has 0 saturated carbocycles. The fraction of sp³-hybridized carbons (Fsp3) is 0.286. The highest BCUT2D eigenvalue weighted by atomic mass is 16.7. The summed E-state index contributed by atoms with van der Waals surface area (Å²) in [5.74, 6) is 1.22. The first-order chi connectivity index (χ1) is 16.6. The van der Waals surface area contributed by atoms with Gasteiger partial charge in [0.25, 0.3) is 0 Å². The summed E-state index contributed by atoms with van der Waals surface area (Å²) in [4.78, 5) is 28.5. The summed E-state index contributed by atoms with van der Waals surface area (Å²) in [5, 5.41) is 2.93. The average Bonchev–Trinajstić information content (AvgIpc) is 3.34. The van der Waals surface area contributed by atoms with Crippen LogP contribution >= 0.6 is 0 Å². The standard InChI is InChI=1S/C28H30N2O4/c1-2-29-28(32)24(17-21-9-5-3-6-10-21)30(19-23-11-7-4-8-12-23)27(31)16-14-22-13-15-25-26(18-22)34-20-33-25/h3-13,15,18,24H,2,14,16-17,19-20H2,1H3,(H,29,32). The van der Waals surface area contributed by atoms with E-state index in [1.807, 2.05) is 85.8 Å². The molecule has 3 aromatic carbocycles. The molecule has 0 saturated heterocycles. The number of likely N-dealkylation sites (N-methyl/N-ethyl adjacent to an activating group) is 1. The van der Waals surface area contributed by atoms with E-state index in [1.54, 1.807) is 4.90 Å². The van der Waals surface area contributed by atoms with Crippen molar-refractivity contribution in [3.05, 3.63) is 95.6 Å². The SMILES string of the molecule is CCNC(=O)C(Cc1ccccc1)N(Cc1ccccc1)C(=O)CCc1ccc2c(c1)OCO2. The smallest absolute Gasteiger partial charge is 0.243 e. The molecule has 0 aromatic heterocycles. The monoisotopic (exact) mass is 458 g/mol. The lowest BCUT2D eigenvalue weighted by Gasteiger charge is -2.31. The third-order valence-electron chi connectivity index (χ3n) is 5.88. The van der Waals surface area contributed by atoms with E-state index in [4.69, 9.17) is 9.47 Å². The number of amides is 2. The molecule has 1 atom stereocenters. The van der Waals surface area contributed by atoms with Gasteiger partial charge in [0.2, 0.25) is 18.6 Å². The topological polar surface area (TPSA) is 67.9 Å². The van der Waals surface area contributed by atoms with Crippen molar-refractivity contribution in [1.82, 2.24) is 10.2 Å². The molecule has 4 rings (SSSR count). The lowest BCUT2D eigenvalue weighted by Crippen LogP contribution is -2.50. The van der Waals surface area contributed by atoms with Crippen molar-refractivity contribution in [3.63, 3.8) is 0 Å². The van der Waals surface area contributed by atoms with Gasteiger partial charge in [-0.05, 0) is 42.2 Å². The number of carbonyl (C=O) groups excluding carboxylic acids is 2. The number of nitrogens with one attached hydrogen (secondary N) is 1. The molecule has 0 bridgehead atoms. The molecule has 1 N–H and O–H groups in total. The molecule has 1 heterocycles. The average molecular weight is 459 g/mol. The predicted octanol–water partition coefficient (Wildman–Crippen LogP) is 4.12. The molecule has 0 radical (unpaired) electrons. The minimum Gasteiger partial charge on any atom is -0.454 e. The van der Waals surface area contributed by atoms with Gasteiger partial charge in [-0.3, -0.25) is 9.59 Å². The Morgan fingerprint density at radius 1 is 0.882 bits per heavy atom. The van der Waals surface area contributed by atoms with Crippen LogP contribution in [0.2, 0.25) is 0 Å². The van der Waals surface area contributed by atoms with Crippen molar-refractivity contribution in [3.8, 4) is 11.5 Å². The van der Waals surface area contributed by atoms with Gasteiger partial charge in [-0.2, -0.15) is 0 Å². The van der Waals surface area contributed by atoms with E-state index >= 15 is 0 Å². The summed E-state index contributed by atoms with van der Waals surface area (Å²) in [7, 11) is 0. The largest absolute Gasteiger partial charge is 0.454 e. The lowest BCUT2D eigenvalue weighted by atomic mass is 10.0. The van der Waals surface area contributed by atoms with Crippen LogP contribution in [-0.2, 0) is 29.0 Å². The molecule has 0 fully saturated rings. The van der Waals surface area contributed by atoms with E-state index < -0.39 is 6.04 Å². The zero-order valence-corrected chi connectivity index (χ0v) is 19.4. The quantitative estimate of drug-likeness (QED) is 0.496. The van der Waals surface area contributed by atoms with Crippen LogP contribution in [0.3, 0.4) is 0 Å². The number of carbonyl (C=O) groups is 2. The normalized spacial score (nSPS) is 12.7. The van der Waals surface area contributed by atoms with Crippen LogP contribution in [0, 0.1) is 0 Å². The molecule has 176 valence electrons. The summed E-state index contributed by atoms with van der Waals surface area (Å²) < 4.78 is 10.8. The number of benzene rings is 3. The second-order valence-electron chi connectivity index (χ2n) is 8.29. The third kappa shape index (κ3) is 5.95. The Kier molecular flexibility index (Phi) is 7.81. The van der Waals surface area contributed by atoms with Crippen LogP contribution in [0.25, 0.3) is 0 Å². The van der Waals surface area contributed by atoms with Crippen LogP contribution in [-0.4, -0.2) is 36.1 Å². The third-order valence-corrected chi connectivity index (χ3v) is 5.88. The van der Waals surface area contributed by atoms with E-state index in [9.17, 15) is 9.59 Å². The summed E-state index contributed by atoms with van der Waals surface area (Å²) in [5.41, 5.74) is 3.00. The first kappa shape index (κ1) is 23.4. The van der Waals surface area contributed by atoms with E-state index in [-0.39, 0.29) is 25.0 Å². The number of hydrogen-bond donors (Lipinski definition) is 1. The van der Waals surface area contributed by atoms with E-state index in [2.05, 4.69) is 5.32 Å². The van der Waals surface area contributed by atoms with Crippen molar-refractivity contribution < 1.29 is 19.1 Å². The molecule has 3 aromatic rings.